The summed E-state index contributed by atoms with van der Waals surface area (Å²) in [6.07, 6.45) is 2.58. The second kappa shape index (κ2) is 8.15. The highest BCUT2D eigenvalue weighted by Crippen LogP contribution is 2.09. The molecule has 1 aromatic rings. The smallest absolute Gasteiger partial charge is 0.222 e. The molecule has 1 aliphatic rings. The minimum Gasteiger partial charge on any atom is -0.340 e. The number of piperazine rings is 1. The Balaban J connectivity index is 1.67. The van der Waals surface area contributed by atoms with E-state index in [4.69, 9.17) is 5.73 Å². The quantitative estimate of drug-likeness (QED) is 0.861. The van der Waals surface area contributed by atoms with Crippen LogP contribution in [0.4, 0.5) is 0 Å². The maximum absolute atomic E-state index is 12.2. The van der Waals surface area contributed by atoms with Crippen LogP contribution in [0.25, 0.3) is 0 Å². The molecule has 4 nitrogen and oxygen atoms in total. The number of nitrogens with zero attached hydrogens (tertiary/aromatic N) is 2. The fourth-order valence-corrected chi connectivity index (χ4v) is 2.76. The third-order valence-electron chi connectivity index (χ3n) is 4.15. The molecule has 4 heteroatoms. The molecule has 0 bridgehead atoms. The predicted molar refractivity (Wildman–Crippen MR) is 86.2 cm³/mol. The number of benzene rings is 1. The Morgan fingerprint density at radius 3 is 2.43 bits per heavy atom. The number of aryl methyl sites for hydroxylation is 2. The molecule has 1 aromatic carbocycles. The number of hydrogen-bond donors (Lipinski definition) is 1. The van der Waals surface area contributed by atoms with Gasteiger partial charge in [-0.15, -0.1) is 0 Å². The molecule has 116 valence electrons. The molecule has 1 amide bonds. The van der Waals surface area contributed by atoms with Gasteiger partial charge < -0.3 is 10.6 Å². The lowest BCUT2D eigenvalue weighted by Crippen LogP contribution is -2.49. The molecule has 2 N–H and O–H groups in total. The van der Waals surface area contributed by atoms with Gasteiger partial charge in [-0.25, -0.2) is 0 Å². The minimum absolute atomic E-state index is 0.300. The van der Waals surface area contributed by atoms with Gasteiger partial charge in [-0.05, 0) is 25.3 Å². The molecule has 0 aliphatic carbocycles. The lowest BCUT2D eigenvalue weighted by atomic mass is 10.1. The van der Waals surface area contributed by atoms with Gasteiger partial charge in [0.2, 0.25) is 5.91 Å². The van der Waals surface area contributed by atoms with Gasteiger partial charge in [-0.2, -0.15) is 0 Å². The summed E-state index contributed by atoms with van der Waals surface area (Å²) in [5.41, 5.74) is 8.16. The summed E-state index contributed by atoms with van der Waals surface area (Å²) < 4.78 is 0. The predicted octanol–water partition coefficient (Wildman–Crippen LogP) is 1.42. The maximum Gasteiger partial charge on any atom is 0.222 e. The summed E-state index contributed by atoms with van der Waals surface area (Å²) in [6, 6.07) is 8.58. The van der Waals surface area contributed by atoms with Crippen molar-refractivity contribution >= 4 is 5.91 Å². The first-order chi connectivity index (χ1) is 10.2. The van der Waals surface area contributed by atoms with E-state index in [2.05, 4.69) is 36.1 Å². The van der Waals surface area contributed by atoms with E-state index in [1.54, 1.807) is 0 Å². The fourth-order valence-electron chi connectivity index (χ4n) is 2.76. The summed E-state index contributed by atoms with van der Waals surface area (Å²) in [5.74, 6) is 0.300. The molecule has 0 unspecified atom stereocenters. The second-order valence-corrected chi connectivity index (χ2v) is 5.85. The monoisotopic (exact) mass is 289 g/mol. The van der Waals surface area contributed by atoms with E-state index in [9.17, 15) is 4.79 Å². The molecule has 0 atom stereocenters. The Bertz CT molecular complexity index is 436. The summed E-state index contributed by atoms with van der Waals surface area (Å²) in [7, 11) is 0. The van der Waals surface area contributed by atoms with Crippen molar-refractivity contribution in [2.45, 2.75) is 26.2 Å². The van der Waals surface area contributed by atoms with E-state index >= 15 is 0 Å². The van der Waals surface area contributed by atoms with Crippen molar-refractivity contribution in [3.8, 4) is 0 Å². The van der Waals surface area contributed by atoms with Gasteiger partial charge in [-0.3, -0.25) is 9.69 Å². The van der Waals surface area contributed by atoms with Gasteiger partial charge >= 0.3 is 0 Å². The van der Waals surface area contributed by atoms with Gasteiger partial charge in [0.25, 0.3) is 0 Å². The molecule has 1 saturated heterocycles. The molecule has 2 rings (SSSR count). The molecule has 0 saturated carbocycles. The number of hydrogen-bond acceptors (Lipinski definition) is 3. The standard InChI is InChI=1S/C17H27N3O/c1-15-5-7-16(8-6-15)3-2-4-17(21)20-13-11-19(10-9-18)12-14-20/h5-8H,2-4,9-14,18H2,1H3. The second-order valence-electron chi connectivity index (χ2n) is 5.85. The normalized spacial score (nSPS) is 16.2. The highest BCUT2D eigenvalue weighted by molar-refractivity contribution is 5.76. The SMILES string of the molecule is Cc1ccc(CCCC(=O)N2CCN(CCN)CC2)cc1. The Morgan fingerprint density at radius 2 is 1.81 bits per heavy atom. The van der Waals surface area contributed by atoms with Gasteiger partial charge in [0.15, 0.2) is 0 Å². The zero-order valence-corrected chi connectivity index (χ0v) is 13.1. The summed E-state index contributed by atoms with van der Waals surface area (Å²) >= 11 is 0. The zero-order valence-electron chi connectivity index (χ0n) is 13.1. The van der Waals surface area contributed by atoms with Crippen LogP contribution >= 0.6 is 0 Å². The first-order valence-corrected chi connectivity index (χ1v) is 7.95. The van der Waals surface area contributed by atoms with E-state index in [0.29, 0.717) is 18.9 Å². The van der Waals surface area contributed by atoms with Crippen molar-refractivity contribution < 1.29 is 4.79 Å². The molecule has 21 heavy (non-hydrogen) atoms. The highest BCUT2D eigenvalue weighted by atomic mass is 16.2. The van der Waals surface area contributed by atoms with Crippen molar-refractivity contribution in [2.75, 3.05) is 39.3 Å². The van der Waals surface area contributed by atoms with Crippen LogP contribution in [0.3, 0.4) is 0 Å². The Kier molecular flexibility index (Phi) is 6.21. The average Bonchev–Trinajstić information content (AvgIpc) is 2.50. The lowest BCUT2D eigenvalue weighted by Gasteiger charge is -2.34. The lowest BCUT2D eigenvalue weighted by molar-refractivity contribution is -0.133. The zero-order chi connectivity index (χ0) is 15.1. The Labute approximate surface area is 127 Å². The van der Waals surface area contributed by atoms with Crippen molar-refractivity contribution in [3.05, 3.63) is 35.4 Å². The number of amides is 1. The molecule has 0 aromatic heterocycles. The third kappa shape index (κ3) is 5.14. The average molecular weight is 289 g/mol. The molecule has 1 heterocycles. The number of nitrogens with two attached hydrogens (primary N) is 1. The maximum atomic E-state index is 12.2. The van der Waals surface area contributed by atoms with Crippen LogP contribution in [0.15, 0.2) is 24.3 Å². The first-order valence-electron chi connectivity index (χ1n) is 7.95. The summed E-state index contributed by atoms with van der Waals surface area (Å²) in [5, 5.41) is 0. The van der Waals surface area contributed by atoms with Crippen molar-refractivity contribution in [1.29, 1.82) is 0 Å². The molecular formula is C17H27N3O. The Hall–Kier alpha value is -1.39. The third-order valence-corrected chi connectivity index (χ3v) is 4.15. The van der Waals surface area contributed by atoms with Crippen LogP contribution in [0.5, 0.6) is 0 Å². The molecule has 1 aliphatic heterocycles. The van der Waals surface area contributed by atoms with Gasteiger partial charge in [-0.1, -0.05) is 29.8 Å². The number of rotatable bonds is 6. The highest BCUT2D eigenvalue weighted by Gasteiger charge is 2.19. The van der Waals surface area contributed by atoms with E-state index in [-0.39, 0.29) is 0 Å². The van der Waals surface area contributed by atoms with E-state index in [1.165, 1.54) is 11.1 Å². The van der Waals surface area contributed by atoms with Crippen LogP contribution in [-0.2, 0) is 11.2 Å². The van der Waals surface area contributed by atoms with Crippen molar-refractivity contribution in [3.63, 3.8) is 0 Å². The van der Waals surface area contributed by atoms with Crippen LogP contribution in [-0.4, -0.2) is 55.0 Å². The first kappa shape index (κ1) is 16.0. The largest absolute Gasteiger partial charge is 0.340 e. The van der Waals surface area contributed by atoms with Crippen LogP contribution in [0.2, 0.25) is 0 Å². The van der Waals surface area contributed by atoms with Gasteiger partial charge in [0.05, 0.1) is 0 Å². The molecular weight excluding hydrogens is 262 g/mol. The van der Waals surface area contributed by atoms with Crippen LogP contribution in [0, 0.1) is 6.92 Å². The molecule has 0 spiro atoms. The summed E-state index contributed by atoms with van der Waals surface area (Å²) in [6.45, 7) is 7.35. The van der Waals surface area contributed by atoms with E-state index in [0.717, 1.165) is 45.6 Å². The topological polar surface area (TPSA) is 49.6 Å². The summed E-state index contributed by atoms with van der Waals surface area (Å²) in [4.78, 5) is 16.5. The number of carbonyl (C=O) groups excluding carboxylic acids is 1. The van der Waals surface area contributed by atoms with Gasteiger partial charge in [0.1, 0.15) is 0 Å². The minimum atomic E-state index is 0.300. The van der Waals surface area contributed by atoms with Crippen LogP contribution in [0.1, 0.15) is 24.0 Å². The molecule has 1 fully saturated rings. The van der Waals surface area contributed by atoms with E-state index in [1.807, 2.05) is 4.90 Å². The fraction of sp³-hybridized carbons (Fsp3) is 0.588. The van der Waals surface area contributed by atoms with Crippen molar-refractivity contribution in [2.24, 2.45) is 5.73 Å². The van der Waals surface area contributed by atoms with Gasteiger partial charge in [0, 0.05) is 45.7 Å². The Morgan fingerprint density at radius 1 is 1.14 bits per heavy atom. The number of carbonyl (C=O) groups is 1. The van der Waals surface area contributed by atoms with E-state index < -0.39 is 0 Å². The molecule has 0 radical (unpaired) electrons. The van der Waals surface area contributed by atoms with Crippen LogP contribution < -0.4 is 5.73 Å². The van der Waals surface area contributed by atoms with Crippen molar-refractivity contribution in [1.82, 2.24) is 9.80 Å².